The molecule has 4 aliphatic rings. The SMILES string of the molecule is COc1cccc(C2=C3C=CC(=N3)C=c3ccc([nH]3)=CC3=NC(=CC4(c5cccc(OC)c5)C=CC2N4)C=C3)c1. The number of methoxy groups -OCH3 is 2. The third kappa shape index (κ3) is 4.38. The van der Waals surface area contributed by atoms with Gasteiger partial charge in [-0.25, -0.2) is 9.98 Å². The van der Waals surface area contributed by atoms with Gasteiger partial charge in [0.25, 0.3) is 0 Å². The maximum absolute atomic E-state index is 5.60. The summed E-state index contributed by atoms with van der Waals surface area (Å²) < 4.78 is 11.2. The number of aromatic nitrogens is 1. The van der Waals surface area contributed by atoms with Crippen molar-refractivity contribution in [3.8, 4) is 11.5 Å². The third-order valence-electron chi connectivity index (χ3n) is 7.52. The number of hydrogen-bond donors (Lipinski definition) is 2. The molecule has 40 heavy (non-hydrogen) atoms. The highest BCUT2D eigenvalue weighted by molar-refractivity contribution is 6.20. The lowest BCUT2D eigenvalue weighted by Crippen LogP contribution is -2.40. The number of nitrogens with one attached hydrogen (secondary N) is 2. The predicted molar refractivity (Wildman–Crippen MR) is 161 cm³/mol. The second kappa shape index (κ2) is 9.67. The van der Waals surface area contributed by atoms with Gasteiger partial charge in [0.2, 0.25) is 0 Å². The Morgan fingerprint density at radius 1 is 0.775 bits per heavy atom. The lowest BCUT2D eigenvalue weighted by atomic mass is 9.89. The third-order valence-corrected chi connectivity index (χ3v) is 7.52. The van der Waals surface area contributed by atoms with Crippen molar-refractivity contribution in [1.29, 1.82) is 0 Å². The minimum atomic E-state index is -0.625. The molecule has 7 rings (SSSR count). The molecule has 0 aliphatic carbocycles. The summed E-state index contributed by atoms with van der Waals surface area (Å²) in [5.74, 6) is 1.60. The molecule has 5 heterocycles. The quantitative estimate of drug-likeness (QED) is 0.499. The van der Waals surface area contributed by atoms with Crippen LogP contribution in [0.2, 0.25) is 0 Å². The highest BCUT2D eigenvalue weighted by Gasteiger charge is 2.37. The van der Waals surface area contributed by atoms with Crippen LogP contribution in [0, 0.1) is 0 Å². The lowest BCUT2D eigenvalue weighted by Gasteiger charge is -2.30. The highest BCUT2D eigenvalue weighted by Crippen LogP contribution is 2.39. The molecule has 3 aromatic rings. The summed E-state index contributed by atoms with van der Waals surface area (Å²) in [6, 6.07) is 20.3. The number of aliphatic imine (C=N–C) groups is 2. The van der Waals surface area contributed by atoms with Gasteiger partial charge in [-0.2, -0.15) is 0 Å². The molecule has 196 valence electrons. The first kappa shape index (κ1) is 24.1. The fraction of sp³-hybridized carbons (Fsp3) is 0.118. The summed E-state index contributed by atoms with van der Waals surface area (Å²) in [5.41, 5.74) is 6.11. The van der Waals surface area contributed by atoms with E-state index in [0.29, 0.717) is 0 Å². The van der Waals surface area contributed by atoms with Crippen molar-refractivity contribution in [3.63, 3.8) is 0 Å². The maximum atomic E-state index is 5.60. The number of H-pyrrole nitrogens is 1. The fourth-order valence-electron chi connectivity index (χ4n) is 5.59. The van der Waals surface area contributed by atoms with Crippen LogP contribution in [-0.2, 0) is 5.54 Å². The molecule has 0 spiro atoms. The second-order valence-electron chi connectivity index (χ2n) is 10.1. The van der Waals surface area contributed by atoms with Crippen LogP contribution in [0.4, 0.5) is 0 Å². The number of rotatable bonds is 4. The van der Waals surface area contributed by atoms with Gasteiger partial charge in [0, 0.05) is 16.3 Å². The highest BCUT2D eigenvalue weighted by atomic mass is 16.5. The van der Waals surface area contributed by atoms with Crippen LogP contribution in [-0.4, -0.2) is 36.7 Å². The zero-order valence-electron chi connectivity index (χ0n) is 22.3. The Labute approximate surface area is 232 Å². The van der Waals surface area contributed by atoms with Crippen molar-refractivity contribution in [2.45, 2.75) is 11.6 Å². The van der Waals surface area contributed by atoms with Gasteiger partial charge in [0.15, 0.2) is 0 Å². The van der Waals surface area contributed by atoms with Crippen molar-refractivity contribution in [2.75, 3.05) is 14.2 Å². The summed E-state index contributed by atoms with van der Waals surface area (Å²) >= 11 is 0. The summed E-state index contributed by atoms with van der Waals surface area (Å²) in [4.78, 5) is 13.5. The average molecular weight is 525 g/mol. The van der Waals surface area contributed by atoms with Gasteiger partial charge in [-0.1, -0.05) is 36.4 Å². The zero-order chi connectivity index (χ0) is 27.1. The van der Waals surface area contributed by atoms with Gasteiger partial charge in [-0.3, -0.25) is 5.32 Å². The lowest BCUT2D eigenvalue weighted by molar-refractivity contribution is 0.412. The molecule has 2 atom stereocenters. The molecule has 1 aromatic heterocycles. The van der Waals surface area contributed by atoms with Gasteiger partial charge < -0.3 is 14.5 Å². The van der Waals surface area contributed by atoms with E-state index in [2.05, 4.69) is 95.3 Å². The van der Waals surface area contributed by atoms with E-state index in [9.17, 15) is 0 Å². The van der Waals surface area contributed by atoms with Crippen LogP contribution >= 0.6 is 0 Å². The van der Waals surface area contributed by atoms with Crippen molar-refractivity contribution >= 4 is 29.1 Å². The van der Waals surface area contributed by atoms with E-state index in [1.165, 1.54) is 0 Å². The van der Waals surface area contributed by atoms with Gasteiger partial charge in [-0.15, -0.1) is 0 Å². The van der Waals surface area contributed by atoms with Gasteiger partial charge in [0.1, 0.15) is 11.5 Å². The van der Waals surface area contributed by atoms with E-state index >= 15 is 0 Å². The molecule has 8 bridgehead atoms. The van der Waals surface area contributed by atoms with Crippen LogP contribution < -0.4 is 25.5 Å². The molecule has 4 aliphatic heterocycles. The van der Waals surface area contributed by atoms with Crippen molar-refractivity contribution < 1.29 is 9.47 Å². The number of aromatic amines is 1. The van der Waals surface area contributed by atoms with Gasteiger partial charge >= 0.3 is 0 Å². The molecule has 0 saturated heterocycles. The molecular weight excluding hydrogens is 496 g/mol. The predicted octanol–water partition coefficient (Wildman–Crippen LogP) is 4.35. The van der Waals surface area contributed by atoms with Crippen LogP contribution in [0.1, 0.15) is 11.1 Å². The topological polar surface area (TPSA) is 71.0 Å². The summed E-state index contributed by atoms with van der Waals surface area (Å²) in [6.07, 6.45) is 19.0. The first-order chi connectivity index (χ1) is 19.6. The normalized spacial score (nSPS) is 22.4. The smallest absolute Gasteiger partial charge is 0.119 e. The monoisotopic (exact) mass is 524 g/mol. The average Bonchev–Trinajstić information content (AvgIpc) is 3.79. The first-order valence-corrected chi connectivity index (χ1v) is 13.3. The van der Waals surface area contributed by atoms with Crippen LogP contribution in [0.5, 0.6) is 11.5 Å². The first-order valence-electron chi connectivity index (χ1n) is 13.3. The van der Waals surface area contributed by atoms with E-state index in [1.807, 2.05) is 30.3 Å². The number of benzene rings is 2. The molecule has 2 N–H and O–H groups in total. The molecule has 0 amide bonds. The number of allylic oxidation sites excluding steroid dienone is 4. The number of nitrogens with zero attached hydrogens (tertiary/aromatic N) is 2. The maximum Gasteiger partial charge on any atom is 0.119 e. The number of fused-ring (bicyclic) bond motifs is 6. The van der Waals surface area contributed by atoms with E-state index in [0.717, 1.165) is 61.7 Å². The zero-order valence-corrected chi connectivity index (χ0v) is 22.3. The van der Waals surface area contributed by atoms with E-state index in [4.69, 9.17) is 19.5 Å². The standard InChI is InChI=1S/C34H28N4O2/c1-39-29-7-3-5-22(17-29)33-31-14-13-27(37-31)20-25-10-9-24(35-25)19-26-11-12-28(36-26)21-34(16-15-32(33)38-34)23-6-4-8-30(18-23)40-2/h3-21,32,35,38H,1-2H3. The number of hydrogen-bond acceptors (Lipinski definition) is 5. The van der Waals surface area contributed by atoms with Crippen molar-refractivity contribution in [1.82, 2.24) is 10.3 Å². The molecule has 6 nitrogen and oxygen atoms in total. The Morgan fingerprint density at radius 3 is 2.30 bits per heavy atom. The Hall–Kier alpha value is -4.94. The molecule has 0 radical (unpaired) electrons. The van der Waals surface area contributed by atoms with Crippen LogP contribution in [0.25, 0.3) is 17.7 Å². The molecule has 2 unspecified atom stereocenters. The molecule has 0 saturated carbocycles. The Bertz CT molecular complexity index is 1860. The van der Waals surface area contributed by atoms with Crippen molar-refractivity contribution in [3.05, 3.63) is 136 Å². The largest absolute Gasteiger partial charge is 0.497 e. The fourth-order valence-corrected chi connectivity index (χ4v) is 5.59. The van der Waals surface area contributed by atoms with Crippen LogP contribution in [0.3, 0.4) is 0 Å². The second-order valence-corrected chi connectivity index (χ2v) is 10.1. The van der Waals surface area contributed by atoms with E-state index in [-0.39, 0.29) is 6.04 Å². The van der Waals surface area contributed by atoms with Crippen molar-refractivity contribution in [2.24, 2.45) is 9.98 Å². The van der Waals surface area contributed by atoms with E-state index < -0.39 is 5.54 Å². The van der Waals surface area contributed by atoms with Gasteiger partial charge in [-0.05, 0) is 90.1 Å². The minimum absolute atomic E-state index is 0.136. The molecule has 0 fully saturated rings. The summed E-state index contributed by atoms with van der Waals surface area (Å²) in [7, 11) is 3.38. The summed E-state index contributed by atoms with van der Waals surface area (Å²) in [5, 5.41) is 5.90. The molecular formula is C34H28N4O2. The Balaban J connectivity index is 1.47. The number of ether oxygens (including phenoxy) is 2. The summed E-state index contributed by atoms with van der Waals surface area (Å²) in [6.45, 7) is 0. The van der Waals surface area contributed by atoms with Crippen LogP contribution in [0.15, 0.2) is 125 Å². The molecule has 6 heteroatoms. The van der Waals surface area contributed by atoms with E-state index in [1.54, 1.807) is 14.2 Å². The van der Waals surface area contributed by atoms with Gasteiger partial charge in [0.05, 0.1) is 48.6 Å². The molecule has 2 aromatic carbocycles. The Morgan fingerprint density at radius 2 is 1.50 bits per heavy atom. The Kier molecular flexibility index (Phi) is 5.83. The minimum Gasteiger partial charge on any atom is -0.497 e.